The normalized spacial score (nSPS) is 13.0. The molecule has 148 valence electrons. The lowest BCUT2D eigenvalue weighted by molar-refractivity contribution is -0.142. The van der Waals surface area contributed by atoms with E-state index in [1.54, 1.807) is 0 Å². The topological polar surface area (TPSA) is 37.3 Å². The molecule has 0 aliphatic carbocycles. The quantitative estimate of drug-likeness (QED) is 0.202. The van der Waals surface area contributed by atoms with Gasteiger partial charge < -0.3 is 5.11 Å². The monoisotopic (exact) mass is 352 g/mol. The van der Waals surface area contributed by atoms with Crippen molar-refractivity contribution in [3.63, 3.8) is 0 Å². The zero-order valence-electron chi connectivity index (χ0n) is 17.3. The summed E-state index contributed by atoms with van der Waals surface area (Å²) in [5.41, 5.74) is 0. The van der Waals surface area contributed by atoms with Crippen molar-refractivity contribution in [3.05, 3.63) is 12.2 Å². The smallest absolute Gasteiger partial charge is 0.306 e. The van der Waals surface area contributed by atoms with Gasteiger partial charge in [-0.25, -0.2) is 0 Å². The zero-order chi connectivity index (χ0) is 18.8. The molecule has 0 fully saturated rings. The van der Waals surface area contributed by atoms with Crippen LogP contribution in [-0.2, 0) is 4.79 Å². The first kappa shape index (κ1) is 24.2. The molecule has 0 aromatic heterocycles. The van der Waals surface area contributed by atoms with E-state index in [-0.39, 0.29) is 5.92 Å². The molecular formula is C23H44O2. The van der Waals surface area contributed by atoms with Crippen LogP contribution in [0, 0.1) is 11.8 Å². The van der Waals surface area contributed by atoms with Gasteiger partial charge >= 0.3 is 5.97 Å². The summed E-state index contributed by atoms with van der Waals surface area (Å²) in [6.07, 6.45) is 22.8. The standard InChI is InChI=1S/C23H44O2/c1-4-5-6-7-8-9-10-11-12-13-14-15-16-17-18-22(23(24)25)20-19-21(2)3/h11-12,21-22H,4-10,13-20H2,1-3H3,(H,24,25). The summed E-state index contributed by atoms with van der Waals surface area (Å²) in [5, 5.41) is 9.28. The van der Waals surface area contributed by atoms with Crippen LogP contribution in [0.15, 0.2) is 12.2 Å². The Morgan fingerprint density at radius 3 is 1.80 bits per heavy atom. The van der Waals surface area contributed by atoms with Gasteiger partial charge in [0.05, 0.1) is 5.92 Å². The fourth-order valence-corrected chi connectivity index (χ4v) is 3.21. The Bertz CT molecular complexity index is 320. The maximum atomic E-state index is 11.3. The average Bonchev–Trinajstić information content (AvgIpc) is 2.57. The van der Waals surface area contributed by atoms with Gasteiger partial charge in [0, 0.05) is 0 Å². The van der Waals surface area contributed by atoms with E-state index in [0.717, 1.165) is 25.7 Å². The number of carboxylic acid groups (broad SMARTS) is 1. The first-order chi connectivity index (χ1) is 12.1. The van der Waals surface area contributed by atoms with E-state index in [0.29, 0.717) is 5.92 Å². The summed E-state index contributed by atoms with van der Waals surface area (Å²) in [6, 6.07) is 0. The highest BCUT2D eigenvalue weighted by molar-refractivity contribution is 5.69. The fourth-order valence-electron chi connectivity index (χ4n) is 3.21. The lowest BCUT2D eigenvalue weighted by Crippen LogP contribution is -2.14. The number of hydrogen-bond donors (Lipinski definition) is 1. The third-order valence-corrected chi connectivity index (χ3v) is 5.01. The minimum atomic E-state index is -0.599. The molecule has 0 aliphatic rings. The van der Waals surface area contributed by atoms with Crippen molar-refractivity contribution in [2.45, 2.75) is 117 Å². The molecule has 25 heavy (non-hydrogen) atoms. The highest BCUT2D eigenvalue weighted by Gasteiger charge is 2.16. The molecule has 0 heterocycles. The molecule has 1 atom stereocenters. The number of allylic oxidation sites excluding steroid dienone is 2. The molecule has 0 radical (unpaired) electrons. The van der Waals surface area contributed by atoms with Crippen LogP contribution in [0.3, 0.4) is 0 Å². The Kier molecular flexibility index (Phi) is 17.4. The van der Waals surface area contributed by atoms with Gasteiger partial charge in [-0.3, -0.25) is 4.79 Å². The van der Waals surface area contributed by atoms with Gasteiger partial charge in [-0.05, 0) is 44.4 Å². The lowest BCUT2D eigenvalue weighted by Gasteiger charge is -2.13. The molecule has 0 rings (SSSR count). The Labute approximate surface area is 157 Å². The van der Waals surface area contributed by atoms with Crippen molar-refractivity contribution in [2.75, 3.05) is 0 Å². The number of aliphatic carboxylic acids is 1. The summed E-state index contributed by atoms with van der Waals surface area (Å²) < 4.78 is 0. The van der Waals surface area contributed by atoms with Gasteiger partial charge in [-0.1, -0.05) is 90.7 Å². The summed E-state index contributed by atoms with van der Waals surface area (Å²) in [5.74, 6) is -0.122. The maximum Gasteiger partial charge on any atom is 0.306 e. The van der Waals surface area contributed by atoms with Gasteiger partial charge in [0.1, 0.15) is 0 Å². The molecule has 0 saturated heterocycles. The van der Waals surface area contributed by atoms with Crippen LogP contribution in [0.1, 0.15) is 117 Å². The first-order valence-corrected chi connectivity index (χ1v) is 11.0. The predicted octanol–water partition coefficient (Wildman–Crippen LogP) is 7.77. The summed E-state index contributed by atoms with van der Waals surface area (Å²) in [7, 11) is 0. The lowest BCUT2D eigenvalue weighted by atomic mass is 9.93. The van der Waals surface area contributed by atoms with Crippen molar-refractivity contribution < 1.29 is 9.90 Å². The fraction of sp³-hybridized carbons (Fsp3) is 0.870. The molecule has 0 amide bonds. The second kappa shape index (κ2) is 18.0. The number of carboxylic acids is 1. The molecule has 2 heteroatoms. The second-order valence-corrected chi connectivity index (χ2v) is 8.03. The van der Waals surface area contributed by atoms with Gasteiger partial charge in [0.15, 0.2) is 0 Å². The summed E-state index contributed by atoms with van der Waals surface area (Å²) >= 11 is 0. The summed E-state index contributed by atoms with van der Waals surface area (Å²) in [4.78, 5) is 11.3. The van der Waals surface area contributed by atoms with Crippen LogP contribution in [-0.4, -0.2) is 11.1 Å². The van der Waals surface area contributed by atoms with E-state index >= 15 is 0 Å². The van der Waals surface area contributed by atoms with E-state index in [4.69, 9.17) is 0 Å². The van der Waals surface area contributed by atoms with Crippen LogP contribution >= 0.6 is 0 Å². The van der Waals surface area contributed by atoms with E-state index < -0.39 is 5.97 Å². The Morgan fingerprint density at radius 1 is 0.760 bits per heavy atom. The van der Waals surface area contributed by atoms with Crippen LogP contribution in [0.4, 0.5) is 0 Å². The largest absolute Gasteiger partial charge is 0.481 e. The maximum absolute atomic E-state index is 11.3. The van der Waals surface area contributed by atoms with Crippen LogP contribution < -0.4 is 0 Å². The molecular weight excluding hydrogens is 308 g/mol. The van der Waals surface area contributed by atoms with E-state index in [2.05, 4.69) is 32.9 Å². The Hall–Kier alpha value is -0.790. The molecule has 0 aliphatic heterocycles. The zero-order valence-corrected chi connectivity index (χ0v) is 17.3. The summed E-state index contributed by atoms with van der Waals surface area (Å²) in [6.45, 7) is 6.60. The number of carbonyl (C=O) groups is 1. The molecule has 1 unspecified atom stereocenters. The van der Waals surface area contributed by atoms with Crippen LogP contribution in [0.25, 0.3) is 0 Å². The molecule has 0 saturated carbocycles. The highest BCUT2D eigenvalue weighted by atomic mass is 16.4. The van der Waals surface area contributed by atoms with E-state index in [1.165, 1.54) is 70.6 Å². The Morgan fingerprint density at radius 2 is 1.28 bits per heavy atom. The molecule has 0 aromatic rings. The van der Waals surface area contributed by atoms with E-state index in [1.807, 2.05) is 0 Å². The van der Waals surface area contributed by atoms with Crippen molar-refractivity contribution in [2.24, 2.45) is 11.8 Å². The number of rotatable bonds is 18. The molecule has 0 bridgehead atoms. The van der Waals surface area contributed by atoms with Crippen molar-refractivity contribution in [1.82, 2.24) is 0 Å². The third-order valence-electron chi connectivity index (χ3n) is 5.01. The molecule has 1 N–H and O–H groups in total. The molecule has 0 aromatic carbocycles. The van der Waals surface area contributed by atoms with Gasteiger partial charge in [0.25, 0.3) is 0 Å². The number of unbranched alkanes of at least 4 members (excludes halogenated alkanes) is 10. The van der Waals surface area contributed by atoms with Crippen molar-refractivity contribution >= 4 is 5.97 Å². The highest BCUT2D eigenvalue weighted by Crippen LogP contribution is 2.19. The van der Waals surface area contributed by atoms with Gasteiger partial charge in [0.2, 0.25) is 0 Å². The Balaban J connectivity index is 3.44. The van der Waals surface area contributed by atoms with Crippen molar-refractivity contribution in [1.29, 1.82) is 0 Å². The number of hydrogen-bond acceptors (Lipinski definition) is 1. The van der Waals surface area contributed by atoms with Gasteiger partial charge in [-0.2, -0.15) is 0 Å². The predicted molar refractivity (Wildman–Crippen MR) is 110 cm³/mol. The first-order valence-electron chi connectivity index (χ1n) is 11.0. The van der Waals surface area contributed by atoms with Crippen molar-refractivity contribution in [3.8, 4) is 0 Å². The minimum Gasteiger partial charge on any atom is -0.481 e. The second-order valence-electron chi connectivity index (χ2n) is 8.03. The molecule has 2 nitrogen and oxygen atoms in total. The minimum absolute atomic E-state index is 0.125. The van der Waals surface area contributed by atoms with Crippen LogP contribution in [0.5, 0.6) is 0 Å². The third kappa shape index (κ3) is 17.8. The van der Waals surface area contributed by atoms with Crippen LogP contribution in [0.2, 0.25) is 0 Å². The van der Waals surface area contributed by atoms with Gasteiger partial charge in [-0.15, -0.1) is 0 Å². The molecule has 0 spiro atoms. The van der Waals surface area contributed by atoms with E-state index in [9.17, 15) is 9.90 Å². The average molecular weight is 353 g/mol. The SMILES string of the molecule is CCCCCCCCC=CCCCCCCC(CCC(C)C)C(=O)O.